The molecular weight excluding hydrogens is 1020 g/mol. The summed E-state index contributed by atoms with van der Waals surface area (Å²) in [7, 11) is 5.93. The van der Waals surface area contributed by atoms with Crippen molar-refractivity contribution in [2.75, 3.05) is 47.5 Å². The minimum atomic E-state index is -1.63. The van der Waals surface area contributed by atoms with Gasteiger partial charge in [0.2, 0.25) is 0 Å². The minimum Gasteiger partial charge on any atom is -0.545 e. The molecule has 0 heterocycles. The molecule has 0 N–H and O–H groups in total. The Hall–Kier alpha value is -3.01. The van der Waals surface area contributed by atoms with Gasteiger partial charge in [0.05, 0.1) is 40.3 Å². The Labute approximate surface area is 507 Å². The van der Waals surface area contributed by atoms with E-state index in [4.69, 9.17) is 18.9 Å². The van der Waals surface area contributed by atoms with Gasteiger partial charge in [0.25, 0.3) is 0 Å². The summed E-state index contributed by atoms with van der Waals surface area (Å²) in [6, 6.07) is 0. The van der Waals surface area contributed by atoms with Crippen LogP contribution in [0.2, 0.25) is 0 Å². The summed E-state index contributed by atoms with van der Waals surface area (Å²) in [5, 5.41) is 11.8. The number of aliphatic carboxylic acids is 1. The lowest BCUT2D eigenvalue weighted by Crippen LogP contribution is -2.44. The highest BCUT2D eigenvalue weighted by Crippen LogP contribution is 2.19. The van der Waals surface area contributed by atoms with Gasteiger partial charge in [-0.25, -0.2) is 0 Å². The van der Waals surface area contributed by atoms with Crippen LogP contribution in [0, 0.1) is 0 Å². The van der Waals surface area contributed by atoms with Gasteiger partial charge in [0.15, 0.2) is 12.4 Å². The quantitative estimate of drug-likeness (QED) is 0.0195. The SMILES string of the molecule is CC/C=C\C/C=C\C/C=C\C/C=C\C/C=C\CCCCCCCCCC(=O)OC(COC(=O)CCCCCCCCCCCCCCCCCCCCCCCCCCCCCCCCCCCC)COC(OCC[N+](C)(C)C)C(=O)[O-]. The number of likely N-dealkylation sites (N-methyl/N-ethyl adjacent to an activating group) is 1. The molecule has 0 rings (SSSR count). The highest BCUT2D eigenvalue weighted by molar-refractivity contribution is 5.70. The number of hydrogen-bond donors (Lipinski definition) is 0. The zero-order valence-corrected chi connectivity index (χ0v) is 54.6. The zero-order chi connectivity index (χ0) is 59.8. The van der Waals surface area contributed by atoms with Crippen molar-refractivity contribution >= 4 is 17.9 Å². The molecule has 2 atom stereocenters. The van der Waals surface area contributed by atoms with E-state index in [0.29, 0.717) is 23.9 Å². The first-order chi connectivity index (χ1) is 40.1. The molecule has 0 amide bonds. The number of rotatable bonds is 65. The first kappa shape index (κ1) is 79.0. The molecule has 0 spiro atoms. The van der Waals surface area contributed by atoms with Crippen molar-refractivity contribution in [2.24, 2.45) is 0 Å². The van der Waals surface area contributed by atoms with Crippen LogP contribution in [0.1, 0.15) is 328 Å². The van der Waals surface area contributed by atoms with Crippen LogP contribution in [-0.2, 0) is 33.3 Å². The number of allylic oxidation sites excluding steroid dienone is 10. The summed E-state index contributed by atoms with van der Waals surface area (Å²) in [4.78, 5) is 37.4. The van der Waals surface area contributed by atoms with Crippen LogP contribution in [0.15, 0.2) is 60.8 Å². The van der Waals surface area contributed by atoms with Gasteiger partial charge in [-0.2, -0.15) is 0 Å². The maximum atomic E-state index is 12.9. The number of carbonyl (C=O) groups excluding carboxylic acids is 3. The van der Waals surface area contributed by atoms with E-state index in [0.717, 1.165) is 77.0 Å². The van der Waals surface area contributed by atoms with Crippen LogP contribution in [0.4, 0.5) is 0 Å². The van der Waals surface area contributed by atoms with E-state index >= 15 is 0 Å². The lowest BCUT2D eigenvalue weighted by Gasteiger charge is -2.26. The maximum Gasteiger partial charge on any atom is 0.306 e. The van der Waals surface area contributed by atoms with Gasteiger partial charge in [-0.15, -0.1) is 0 Å². The molecule has 9 nitrogen and oxygen atoms in total. The molecule has 0 radical (unpaired) electrons. The van der Waals surface area contributed by atoms with Crippen molar-refractivity contribution in [3.05, 3.63) is 60.8 Å². The lowest BCUT2D eigenvalue weighted by molar-refractivity contribution is -0.870. The maximum absolute atomic E-state index is 12.9. The van der Waals surface area contributed by atoms with Gasteiger partial charge in [0, 0.05) is 12.8 Å². The normalized spacial score (nSPS) is 13.0. The Bertz CT molecular complexity index is 1530. The van der Waals surface area contributed by atoms with Crippen LogP contribution in [-0.4, -0.2) is 82.3 Å². The summed E-state index contributed by atoms with van der Waals surface area (Å²) in [6.45, 7) is 4.67. The van der Waals surface area contributed by atoms with Crippen molar-refractivity contribution in [1.29, 1.82) is 0 Å². The average Bonchev–Trinajstić information content (AvgIpc) is 3.45. The number of carbonyl (C=O) groups is 3. The van der Waals surface area contributed by atoms with E-state index < -0.39 is 24.3 Å². The average molecular weight is 1150 g/mol. The molecule has 0 aliphatic heterocycles. The van der Waals surface area contributed by atoms with Gasteiger partial charge < -0.3 is 33.3 Å². The molecule has 2 unspecified atom stereocenters. The van der Waals surface area contributed by atoms with Crippen LogP contribution >= 0.6 is 0 Å². The van der Waals surface area contributed by atoms with E-state index in [1.165, 1.54) is 218 Å². The molecule has 0 aromatic rings. The zero-order valence-electron chi connectivity index (χ0n) is 54.6. The summed E-state index contributed by atoms with van der Waals surface area (Å²) < 4.78 is 22.8. The molecule has 82 heavy (non-hydrogen) atoms. The fourth-order valence-corrected chi connectivity index (χ4v) is 10.2. The summed E-state index contributed by atoms with van der Waals surface area (Å²) >= 11 is 0. The number of nitrogens with zero attached hydrogens (tertiary/aromatic N) is 1. The van der Waals surface area contributed by atoms with Crippen molar-refractivity contribution in [3.8, 4) is 0 Å². The highest BCUT2D eigenvalue weighted by Gasteiger charge is 2.22. The van der Waals surface area contributed by atoms with E-state index in [1.54, 1.807) is 0 Å². The van der Waals surface area contributed by atoms with Crippen LogP contribution in [0.25, 0.3) is 0 Å². The molecule has 0 aromatic heterocycles. The first-order valence-corrected chi connectivity index (χ1v) is 34.9. The Morgan fingerprint density at radius 1 is 0.378 bits per heavy atom. The van der Waals surface area contributed by atoms with Crippen LogP contribution in [0.3, 0.4) is 0 Å². The van der Waals surface area contributed by atoms with Crippen molar-refractivity contribution < 1.29 is 42.9 Å². The highest BCUT2D eigenvalue weighted by atomic mass is 16.7. The largest absolute Gasteiger partial charge is 0.545 e. The van der Waals surface area contributed by atoms with Gasteiger partial charge >= 0.3 is 11.9 Å². The second-order valence-electron chi connectivity index (χ2n) is 24.8. The summed E-state index contributed by atoms with van der Waals surface area (Å²) in [5.41, 5.74) is 0. The topological polar surface area (TPSA) is 111 Å². The Morgan fingerprint density at radius 3 is 1.04 bits per heavy atom. The molecule has 0 fully saturated rings. The minimum absolute atomic E-state index is 0.144. The molecule has 0 aliphatic carbocycles. The summed E-state index contributed by atoms with van der Waals surface area (Å²) in [5.74, 6) is -2.28. The molecule has 0 bridgehead atoms. The van der Waals surface area contributed by atoms with Crippen molar-refractivity contribution in [1.82, 2.24) is 0 Å². The number of quaternary nitrogens is 1. The second kappa shape index (κ2) is 64.0. The molecule has 0 saturated heterocycles. The van der Waals surface area contributed by atoms with E-state index in [9.17, 15) is 19.5 Å². The number of carboxylic acid groups (broad SMARTS) is 1. The molecule has 0 aliphatic rings. The molecule has 0 aromatic carbocycles. The van der Waals surface area contributed by atoms with E-state index in [2.05, 4.69) is 74.6 Å². The number of ether oxygens (including phenoxy) is 4. The first-order valence-electron chi connectivity index (χ1n) is 34.9. The number of unbranched alkanes of at least 4 members (excludes halogenated alkanes) is 40. The predicted octanol–water partition coefficient (Wildman–Crippen LogP) is 20.2. The molecule has 9 heteroatoms. The Kier molecular flexibility index (Phi) is 61.6. The van der Waals surface area contributed by atoms with Gasteiger partial charge in [-0.3, -0.25) is 9.59 Å². The van der Waals surface area contributed by atoms with Gasteiger partial charge in [-0.1, -0.05) is 319 Å². The van der Waals surface area contributed by atoms with Crippen molar-refractivity contribution in [2.45, 2.75) is 341 Å². The van der Waals surface area contributed by atoms with E-state index in [-0.39, 0.29) is 32.2 Å². The Morgan fingerprint density at radius 2 is 0.695 bits per heavy atom. The number of carboxylic acids is 1. The molecular formula is C73H133NO8. The third-order valence-corrected chi connectivity index (χ3v) is 15.5. The molecule has 0 saturated carbocycles. The van der Waals surface area contributed by atoms with Gasteiger partial charge in [0.1, 0.15) is 13.2 Å². The van der Waals surface area contributed by atoms with E-state index in [1.807, 2.05) is 21.1 Å². The third-order valence-electron chi connectivity index (χ3n) is 15.5. The standard InChI is InChI=1S/C73H133NO8/c1-6-8-10-12-14-16-18-20-22-24-26-28-30-31-32-33-34-35-36-37-38-39-40-42-43-45-47-49-51-53-55-57-59-61-63-70(75)80-67-69(68-81-73(72(77)78)79-66-65-74(3,4)5)82-71(76)64-62-60-58-56-54-52-50-48-46-44-41-29-27-25-23-21-19-17-15-13-11-9-7-2/h9,11,15,17,21,23,27,29,44,46,69,73H,6-8,10,12-14,16,18-20,22,24-26,28,30-43,45,47-68H2,1-5H3/b11-9-,17-15-,23-21-,29-27-,46-44-. The van der Waals surface area contributed by atoms with Crippen molar-refractivity contribution in [3.63, 3.8) is 0 Å². The summed E-state index contributed by atoms with van der Waals surface area (Å²) in [6.07, 6.45) is 80.3. The Balaban J connectivity index is 4.05. The number of esters is 2. The predicted molar refractivity (Wildman–Crippen MR) is 348 cm³/mol. The fourth-order valence-electron chi connectivity index (χ4n) is 10.2. The third kappa shape index (κ3) is 64.5. The smallest absolute Gasteiger partial charge is 0.306 e. The molecule has 478 valence electrons. The van der Waals surface area contributed by atoms with Crippen LogP contribution < -0.4 is 5.11 Å². The lowest BCUT2D eigenvalue weighted by atomic mass is 10.0. The van der Waals surface area contributed by atoms with Crippen LogP contribution in [0.5, 0.6) is 0 Å². The van der Waals surface area contributed by atoms with Gasteiger partial charge in [-0.05, 0) is 57.8 Å². The number of hydrogen-bond acceptors (Lipinski definition) is 8. The second-order valence-corrected chi connectivity index (χ2v) is 24.8. The monoisotopic (exact) mass is 1150 g/mol. The fraction of sp³-hybridized carbons (Fsp3) is 0.822.